The van der Waals surface area contributed by atoms with E-state index >= 15 is 0 Å². The van der Waals surface area contributed by atoms with Gasteiger partial charge in [0.05, 0.1) is 16.8 Å². The molecule has 2 aromatic carbocycles. The molecule has 138 valence electrons. The molecule has 4 rings (SSSR count). The van der Waals surface area contributed by atoms with Crippen LogP contribution in [0.2, 0.25) is 0 Å². The van der Waals surface area contributed by atoms with E-state index in [0.29, 0.717) is 17.5 Å². The number of nitrogens with zero attached hydrogens (tertiary/aromatic N) is 1. The van der Waals surface area contributed by atoms with E-state index in [4.69, 9.17) is 9.15 Å². The monoisotopic (exact) mass is 380 g/mol. The van der Waals surface area contributed by atoms with Crippen molar-refractivity contribution in [3.8, 4) is 5.75 Å². The van der Waals surface area contributed by atoms with E-state index < -0.39 is 0 Å². The molecular weight excluding hydrogens is 360 g/mol. The minimum absolute atomic E-state index is 0.287. The van der Waals surface area contributed by atoms with Crippen LogP contribution >= 0.6 is 11.3 Å². The van der Waals surface area contributed by atoms with Gasteiger partial charge in [-0.05, 0) is 57.0 Å². The van der Waals surface area contributed by atoms with Crippen molar-refractivity contribution in [2.75, 3.05) is 11.9 Å². The lowest BCUT2D eigenvalue weighted by molar-refractivity contribution is 0.0998. The first-order valence-electron chi connectivity index (χ1n) is 8.82. The quantitative estimate of drug-likeness (QED) is 0.499. The summed E-state index contributed by atoms with van der Waals surface area (Å²) in [6.45, 7) is 8.50. The highest BCUT2D eigenvalue weighted by molar-refractivity contribution is 7.22. The summed E-state index contributed by atoms with van der Waals surface area (Å²) in [5.74, 6) is 0.836. The number of thiazole rings is 1. The van der Waals surface area contributed by atoms with Crippen molar-refractivity contribution in [3.05, 3.63) is 52.8 Å². The van der Waals surface area contributed by atoms with Gasteiger partial charge in [-0.3, -0.25) is 10.1 Å². The number of aromatic nitrogens is 1. The van der Waals surface area contributed by atoms with Gasteiger partial charge in [0.25, 0.3) is 5.91 Å². The lowest BCUT2D eigenvalue weighted by Gasteiger charge is -2.00. The van der Waals surface area contributed by atoms with Crippen LogP contribution in [0.5, 0.6) is 5.75 Å². The second-order valence-corrected chi connectivity index (χ2v) is 7.51. The first kappa shape index (κ1) is 17.5. The number of furan rings is 1. The van der Waals surface area contributed by atoms with Crippen LogP contribution in [0, 0.1) is 20.8 Å². The zero-order valence-corrected chi connectivity index (χ0v) is 16.5. The van der Waals surface area contributed by atoms with Gasteiger partial charge in [-0.15, -0.1) is 0 Å². The third kappa shape index (κ3) is 3.06. The van der Waals surface area contributed by atoms with Crippen LogP contribution in [0.4, 0.5) is 5.13 Å². The third-order valence-electron chi connectivity index (χ3n) is 4.72. The lowest BCUT2D eigenvalue weighted by Crippen LogP contribution is -2.11. The van der Waals surface area contributed by atoms with E-state index in [0.717, 1.165) is 43.6 Å². The van der Waals surface area contributed by atoms with Crippen LogP contribution in [-0.4, -0.2) is 17.5 Å². The normalized spacial score (nSPS) is 11.3. The predicted molar refractivity (Wildman–Crippen MR) is 109 cm³/mol. The van der Waals surface area contributed by atoms with Crippen LogP contribution in [-0.2, 0) is 0 Å². The van der Waals surface area contributed by atoms with Crippen molar-refractivity contribution in [1.29, 1.82) is 0 Å². The number of rotatable bonds is 4. The molecule has 27 heavy (non-hydrogen) atoms. The number of hydrogen-bond acceptors (Lipinski definition) is 5. The summed E-state index contributed by atoms with van der Waals surface area (Å²) in [5.41, 5.74) is 4.62. The zero-order valence-electron chi connectivity index (χ0n) is 15.7. The summed E-state index contributed by atoms with van der Waals surface area (Å²) < 4.78 is 12.4. The molecule has 0 saturated carbocycles. The molecule has 0 aliphatic carbocycles. The van der Waals surface area contributed by atoms with Crippen molar-refractivity contribution in [1.82, 2.24) is 4.98 Å². The third-order valence-corrected chi connectivity index (χ3v) is 5.66. The summed E-state index contributed by atoms with van der Waals surface area (Å²) in [7, 11) is 0. The van der Waals surface area contributed by atoms with Crippen molar-refractivity contribution in [2.45, 2.75) is 27.7 Å². The topological polar surface area (TPSA) is 64.4 Å². The molecule has 1 amide bonds. The van der Waals surface area contributed by atoms with Crippen molar-refractivity contribution in [2.24, 2.45) is 0 Å². The van der Waals surface area contributed by atoms with Gasteiger partial charge in [0, 0.05) is 10.9 Å². The van der Waals surface area contributed by atoms with Crippen LogP contribution < -0.4 is 10.1 Å². The number of benzene rings is 2. The minimum atomic E-state index is -0.287. The standard InChI is InChI=1S/C21H20N2O3S/c1-5-25-14-7-9-16-17(10-14)27-21(22-16)23-20(24)19-13(4)15-8-6-11(2)12(3)18(15)26-19/h6-10H,5H2,1-4H3,(H,22,23,24). The molecule has 0 aliphatic heterocycles. The number of nitrogens with one attached hydrogen (secondary N) is 1. The average molecular weight is 380 g/mol. The van der Waals surface area contributed by atoms with Crippen LogP contribution in [0.15, 0.2) is 34.7 Å². The molecular formula is C21H20N2O3S. The SMILES string of the molecule is CCOc1ccc2nc(NC(=O)c3oc4c(C)c(C)ccc4c3C)sc2c1. The molecule has 0 atom stereocenters. The maximum absolute atomic E-state index is 12.8. The fourth-order valence-electron chi connectivity index (χ4n) is 3.10. The molecule has 0 fully saturated rings. The number of carbonyl (C=O) groups excluding carboxylic acids is 1. The number of amides is 1. The molecule has 0 radical (unpaired) electrons. The van der Waals surface area contributed by atoms with Crippen molar-refractivity contribution < 1.29 is 13.9 Å². The molecule has 0 aliphatic rings. The van der Waals surface area contributed by atoms with Crippen molar-refractivity contribution in [3.63, 3.8) is 0 Å². The molecule has 0 saturated heterocycles. The fraction of sp³-hybridized carbons (Fsp3) is 0.238. The Bertz CT molecular complexity index is 1170. The molecule has 0 spiro atoms. The van der Waals surface area contributed by atoms with Gasteiger partial charge < -0.3 is 9.15 Å². The van der Waals surface area contributed by atoms with E-state index in [1.807, 2.05) is 58.0 Å². The summed E-state index contributed by atoms with van der Waals surface area (Å²) in [6, 6.07) is 9.76. The maximum atomic E-state index is 12.8. The number of anilines is 1. The molecule has 0 unspecified atom stereocenters. The molecule has 1 N–H and O–H groups in total. The molecule has 2 heterocycles. The predicted octanol–water partition coefficient (Wildman–Crippen LogP) is 5.62. The van der Waals surface area contributed by atoms with E-state index in [1.165, 1.54) is 11.3 Å². The van der Waals surface area contributed by atoms with Crippen LogP contribution in [0.25, 0.3) is 21.2 Å². The number of fused-ring (bicyclic) bond motifs is 2. The largest absolute Gasteiger partial charge is 0.494 e. The second-order valence-electron chi connectivity index (χ2n) is 6.48. The Hall–Kier alpha value is -2.86. The van der Waals surface area contributed by atoms with E-state index in [2.05, 4.69) is 10.3 Å². The molecule has 4 aromatic rings. The Labute approximate surface area is 161 Å². The smallest absolute Gasteiger partial charge is 0.293 e. The van der Waals surface area contributed by atoms with E-state index in [9.17, 15) is 4.79 Å². The summed E-state index contributed by atoms with van der Waals surface area (Å²) >= 11 is 1.41. The van der Waals surface area contributed by atoms with E-state index in [-0.39, 0.29) is 5.91 Å². The van der Waals surface area contributed by atoms with Gasteiger partial charge in [0.15, 0.2) is 10.9 Å². The summed E-state index contributed by atoms with van der Waals surface area (Å²) in [6.07, 6.45) is 0. The Morgan fingerprint density at radius 2 is 2.00 bits per heavy atom. The number of aryl methyl sites for hydroxylation is 3. The van der Waals surface area contributed by atoms with Gasteiger partial charge in [0.1, 0.15) is 11.3 Å². The molecule has 2 aromatic heterocycles. The Morgan fingerprint density at radius 3 is 2.78 bits per heavy atom. The van der Waals surface area contributed by atoms with Crippen LogP contribution in [0.1, 0.15) is 34.2 Å². The highest BCUT2D eigenvalue weighted by Gasteiger charge is 2.20. The molecule has 6 heteroatoms. The fourth-order valence-corrected chi connectivity index (χ4v) is 3.99. The lowest BCUT2D eigenvalue weighted by atomic mass is 10.0. The minimum Gasteiger partial charge on any atom is -0.494 e. The number of hydrogen-bond donors (Lipinski definition) is 1. The highest BCUT2D eigenvalue weighted by Crippen LogP contribution is 2.32. The molecule has 0 bridgehead atoms. The van der Waals surface area contributed by atoms with Crippen molar-refractivity contribution >= 4 is 43.6 Å². The highest BCUT2D eigenvalue weighted by atomic mass is 32.1. The Morgan fingerprint density at radius 1 is 1.19 bits per heavy atom. The first-order chi connectivity index (χ1) is 13.0. The Kier molecular flexibility index (Phi) is 4.36. The Balaban J connectivity index is 1.66. The van der Waals surface area contributed by atoms with Gasteiger partial charge >= 0.3 is 0 Å². The number of carbonyl (C=O) groups is 1. The number of ether oxygens (including phenoxy) is 1. The zero-order chi connectivity index (χ0) is 19.1. The average Bonchev–Trinajstić information content (AvgIpc) is 3.19. The van der Waals surface area contributed by atoms with E-state index in [1.54, 1.807) is 0 Å². The molecule has 5 nitrogen and oxygen atoms in total. The van der Waals surface area contributed by atoms with Gasteiger partial charge in [-0.1, -0.05) is 23.5 Å². The van der Waals surface area contributed by atoms with Gasteiger partial charge in [-0.25, -0.2) is 4.98 Å². The maximum Gasteiger partial charge on any atom is 0.293 e. The summed E-state index contributed by atoms with van der Waals surface area (Å²) in [4.78, 5) is 17.3. The van der Waals surface area contributed by atoms with Crippen LogP contribution in [0.3, 0.4) is 0 Å². The van der Waals surface area contributed by atoms with Gasteiger partial charge in [-0.2, -0.15) is 0 Å². The second kappa shape index (κ2) is 6.70. The van der Waals surface area contributed by atoms with Gasteiger partial charge in [0.2, 0.25) is 0 Å². The first-order valence-corrected chi connectivity index (χ1v) is 9.63. The summed E-state index contributed by atoms with van der Waals surface area (Å²) in [5, 5.41) is 4.37.